The van der Waals surface area contributed by atoms with Gasteiger partial charge in [-0.1, -0.05) is 24.3 Å². The Morgan fingerprint density at radius 3 is 2.20 bits per heavy atom. The van der Waals surface area contributed by atoms with Crippen LogP contribution in [0.5, 0.6) is 0 Å². The van der Waals surface area contributed by atoms with Crippen molar-refractivity contribution < 1.29 is 13.5 Å². The summed E-state index contributed by atoms with van der Waals surface area (Å²) in [6.45, 7) is 7.10. The highest BCUT2D eigenvalue weighted by atomic mass is 19.1. The fourth-order valence-electron chi connectivity index (χ4n) is 6.38. The lowest BCUT2D eigenvalue weighted by Crippen LogP contribution is -2.58. The van der Waals surface area contributed by atoms with Crippen molar-refractivity contribution in [2.45, 2.75) is 57.5 Å². The molecule has 2 aromatic carbocycles. The number of aromatic nitrogens is 3. The van der Waals surface area contributed by atoms with Crippen LogP contribution < -0.4 is 10.6 Å². The number of nitrogens with zero attached hydrogens (tertiary/aromatic N) is 5. The topological polar surface area (TPSA) is 55.5 Å². The van der Waals surface area contributed by atoms with E-state index in [0.29, 0.717) is 25.5 Å². The Hall–Kier alpha value is -3.56. The van der Waals surface area contributed by atoms with Gasteiger partial charge >= 0.3 is 5.69 Å². The molecule has 4 aromatic rings. The fraction of sp³-hybridized carbons (Fsp3) is 0.419. The Bertz CT molecular complexity index is 1500. The number of ether oxygens (including phenoxy) is 1. The standard InChI is InChI=1S/C31H35F2N5O2/c1-20-18-38(29-27-14-15-36(19-26-5-4-16-40-26)30(27)35(3)31(39)34-29)21(2)17-37(20)28(22-6-10-24(32)11-7-22)23-8-12-25(33)13-9-23/h6-15,20-21,26,28H,4-5,16-19H2,1-3H3/t20-,21+,26+/m1/s1. The summed E-state index contributed by atoms with van der Waals surface area (Å²) in [5.41, 5.74) is 2.46. The predicted octanol–water partition coefficient (Wildman–Crippen LogP) is 4.88. The van der Waals surface area contributed by atoms with Gasteiger partial charge in [-0.25, -0.2) is 13.6 Å². The smallest absolute Gasteiger partial charge is 0.350 e. The molecule has 2 aliphatic heterocycles. The summed E-state index contributed by atoms with van der Waals surface area (Å²) in [7, 11) is 1.77. The average molecular weight is 548 g/mol. The number of aryl methyl sites for hydroxylation is 1. The minimum Gasteiger partial charge on any atom is -0.376 e. The van der Waals surface area contributed by atoms with Gasteiger partial charge in [-0.2, -0.15) is 4.98 Å². The zero-order valence-corrected chi connectivity index (χ0v) is 23.1. The Balaban J connectivity index is 1.34. The number of hydrogen-bond acceptors (Lipinski definition) is 5. The second-order valence-corrected chi connectivity index (χ2v) is 11.2. The number of halogens is 2. The third-order valence-corrected chi connectivity index (χ3v) is 8.41. The van der Waals surface area contributed by atoms with Crippen LogP contribution in [0.3, 0.4) is 0 Å². The fourth-order valence-corrected chi connectivity index (χ4v) is 6.38. The van der Waals surface area contributed by atoms with E-state index in [-0.39, 0.29) is 41.6 Å². The molecular weight excluding hydrogens is 512 g/mol. The van der Waals surface area contributed by atoms with Crippen molar-refractivity contribution in [2.24, 2.45) is 7.05 Å². The van der Waals surface area contributed by atoms with Crippen molar-refractivity contribution in [3.05, 3.63) is 94.0 Å². The van der Waals surface area contributed by atoms with Crippen molar-refractivity contribution in [3.63, 3.8) is 0 Å². The van der Waals surface area contributed by atoms with E-state index in [1.54, 1.807) is 35.9 Å². The Morgan fingerprint density at radius 1 is 0.950 bits per heavy atom. The Kier molecular flexibility index (Phi) is 7.18. The number of benzene rings is 2. The number of rotatable bonds is 6. The van der Waals surface area contributed by atoms with Crippen molar-refractivity contribution in [1.82, 2.24) is 19.0 Å². The second-order valence-electron chi connectivity index (χ2n) is 11.2. The molecule has 0 bridgehead atoms. The van der Waals surface area contributed by atoms with Crippen LogP contribution in [-0.4, -0.2) is 56.9 Å². The van der Waals surface area contributed by atoms with Crippen molar-refractivity contribution in [3.8, 4) is 0 Å². The lowest BCUT2D eigenvalue weighted by Gasteiger charge is -2.48. The maximum Gasteiger partial charge on any atom is 0.350 e. The van der Waals surface area contributed by atoms with Crippen LogP contribution >= 0.6 is 0 Å². The zero-order chi connectivity index (χ0) is 28.0. The summed E-state index contributed by atoms with van der Waals surface area (Å²) < 4.78 is 37.2. The predicted molar refractivity (Wildman–Crippen MR) is 152 cm³/mol. The van der Waals surface area contributed by atoms with Gasteiger partial charge in [0.15, 0.2) is 0 Å². The van der Waals surface area contributed by atoms with E-state index in [1.807, 2.05) is 6.20 Å². The quantitative estimate of drug-likeness (QED) is 0.345. The van der Waals surface area contributed by atoms with Gasteiger partial charge in [-0.05, 0) is 68.1 Å². The molecule has 6 rings (SSSR count). The van der Waals surface area contributed by atoms with Crippen LogP contribution in [0.1, 0.15) is 43.9 Å². The van der Waals surface area contributed by atoms with Gasteiger partial charge in [0.1, 0.15) is 23.1 Å². The monoisotopic (exact) mass is 547 g/mol. The molecule has 7 nitrogen and oxygen atoms in total. The van der Waals surface area contributed by atoms with E-state index >= 15 is 0 Å². The first-order chi connectivity index (χ1) is 19.3. The summed E-state index contributed by atoms with van der Waals surface area (Å²) in [6, 6.07) is 15.1. The molecular formula is C31H35F2N5O2. The van der Waals surface area contributed by atoms with Crippen LogP contribution in [0.25, 0.3) is 11.0 Å². The van der Waals surface area contributed by atoms with Gasteiger partial charge in [0.25, 0.3) is 0 Å². The van der Waals surface area contributed by atoms with Crippen molar-refractivity contribution >= 4 is 16.9 Å². The van der Waals surface area contributed by atoms with Gasteiger partial charge in [0.05, 0.1) is 24.1 Å². The largest absolute Gasteiger partial charge is 0.376 e. The van der Waals surface area contributed by atoms with Crippen LogP contribution in [0.2, 0.25) is 0 Å². The third kappa shape index (κ3) is 4.92. The van der Waals surface area contributed by atoms with Gasteiger partial charge in [-0.3, -0.25) is 9.47 Å². The maximum absolute atomic E-state index is 13.8. The lowest BCUT2D eigenvalue weighted by molar-refractivity contribution is 0.0978. The molecule has 0 amide bonds. The van der Waals surface area contributed by atoms with Crippen molar-refractivity contribution in [1.29, 1.82) is 0 Å². The Morgan fingerprint density at radius 2 is 1.60 bits per heavy atom. The lowest BCUT2D eigenvalue weighted by atomic mass is 9.93. The second kappa shape index (κ2) is 10.8. The number of fused-ring (bicyclic) bond motifs is 1. The van der Waals surface area contributed by atoms with Crippen LogP contribution in [0, 0.1) is 11.6 Å². The summed E-state index contributed by atoms with van der Waals surface area (Å²) in [6.07, 6.45) is 4.26. The van der Waals surface area contributed by atoms with Gasteiger partial charge in [-0.15, -0.1) is 0 Å². The summed E-state index contributed by atoms with van der Waals surface area (Å²) in [5.74, 6) is 0.114. The van der Waals surface area contributed by atoms with E-state index < -0.39 is 0 Å². The molecule has 9 heteroatoms. The summed E-state index contributed by atoms with van der Waals surface area (Å²) in [4.78, 5) is 22.2. The van der Waals surface area contributed by atoms with E-state index in [4.69, 9.17) is 4.74 Å². The number of piperazine rings is 1. The molecule has 2 fully saturated rings. The molecule has 0 unspecified atom stereocenters. The maximum atomic E-state index is 13.8. The number of anilines is 1. The summed E-state index contributed by atoms with van der Waals surface area (Å²) >= 11 is 0. The minimum absolute atomic E-state index is 0.0314. The van der Waals surface area contributed by atoms with Crippen molar-refractivity contribution in [2.75, 3.05) is 24.6 Å². The van der Waals surface area contributed by atoms with Crippen LogP contribution in [0.15, 0.2) is 65.6 Å². The average Bonchev–Trinajstić information content (AvgIpc) is 3.61. The highest BCUT2D eigenvalue weighted by Gasteiger charge is 2.36. The summed E-state index contributed by atoms with van der Waals surface area (Å²) in [5, 5.41) is 0.946. The van der Waals surface area contributed by atoms with E-state index in [0.717, 1.165) is 41.6 Å². The highest BCUT2D eigenvalue weighted by molar-refractivity contribution is 5.88. The minimum atomic E-state index is -0.292. The third-order valence-electron chi connectivity index (χ3n) is 8.41. The molecule has 0 aliphatic carbocycles. The van der Waals surface area contributed by atoms with Crippen LogP contribution in [-0.2, 0) is 18.3 Å². The van der Waals surface area contributed by atoms with Crippen LogP contribution in [0.4, 0.5) is 14.6 Å². The van der Waals surface area contributed by atoms with E-state index in [1.165, 1.54) is 24.3 Å². The highest BCUT2D eigenvalue weighted by Crippen LogP contribution is 2.36. The first-order valence-corrected chi connectivity index (χ1v) is 14.0. The molecule has 0 radical (unpaired) electrons. The number of hydrogen-bond donors (Lipinski definition) is 0. The van der Waals surface area contributed by atoms with Gasteiger partial charge in [0.2, 0.25) is 0 Å². The first-order valence-electron chi connectivity index (χ1n) is 14.0. The van der Waals surface area contributed by atoms with Gasteiger partial charge < -0.3 is 14.2 Å². The molecule has 40 heavy (non-hydrogen) atoms. The molecule has 2 aliphatic rings. The molecule has 210 valence electrons. The molecule has 0 spiro atoms. The van der Waals surface area contributed by atoms with E-state index in [2.05, 4.69) is 39.3 Å². The normalized spacial score (nSPS) is 22.1. The molecule has 2 aromatic heterocycles. The van der Waals surface area contributed by atoms with Gasteiger partial charge in [0, 0.05) is 45.0 Å². The molecule has 2 saturated heterocycles. The zero-order valence-electron chi connectivity index (χ0n) is 23.1. The molecule has 0 saturated carbocycles. The molecule has 3 atom stereocenters. The molecule has 4 heterocycles. The molecule has 0 N–H and O–H groups in total. The first kappa shape index (κ1) is 26.7. The SMILES string of the molecule is C[C@@H]1CN(c2nc(=O)n(C)c3c2ccn3C[C@@H]2CCCO2)[C@@H](C)CN1C(c1ccc(F)cc1)c1ccc(F)cc1. The van der Waals surface area contributed by atoms with E-state index in [9.17, 15) is 13.6 Å². The Labute approximate surface area is 232 Å².